The first-order valence-electron chi connectivity index (χ1n) is 9.05. The lowest BCUT2D eigenvalue weighted by atomic mass is 9.80. The van der Waals surface area contributed by atoms with Crippen LogP contribution < -0.4 is 5.32 Å². The molecule has 0 radical (unpaired) electrons. The van der Waals surface area contributed by atoms with Gasteiger partial charge in [0.15, 0.2) is 0 Å². The van der Waals surface area contributed by atoms with Crippen molar-refractivity contribution in [2.75, 3.05) is 32.8 Å². The van der Waals surface area contributed by atoms with Crippen molar-refractivity contribution in [1.29, 1.82) is 0 Å². The summed E-state index contributed by atoms with van der Waals surface area (Å²) in [6, 6.07) is 0. The molecule has 0 aromatic rings. The number of rotatable bonds is 9. The van der Waals surface area contributed by atoms with Crippen LogP contribution in [0.5, 0.6) is 0 Å². The Morgan fingerprint density at radius 1 is 1.05 bits per heavy atom. The molecule has 1 heterocycles. The molecule has 21 heavy (non-hydrogen) atoms. The topological polar surface area (TPSA) is 24.5 Å². The maximum absolute atomic E-state index is 5.85. The van der Waals surface area contributed by atoms with Gasteiger partial charge in [0.1, 0.15) is 0 Å². The van der Waals surface area contributed by atoms with E-state index in [0.29, 0.717) is 17.0 Å². The van der Waals surface area contributed by atoms with Crippen molar-refractivity contribution in [3.05, 3.63) is 0 Å². The molecule has 1 N–H and O–H groups in total. The molecule has 0 saturated carbocycles. The van der Waals surface area contributed by atoms with Crippen LogP contribution in [0, 0.1) is 5.92 Å². The Kier molecular flexibility index (Phi) is 7.66. The molecule has 3 nitrogen and oxygen atoms in total. The third-order valence-electron chi connectivity index (χ3n) is 5.58. The number of ether oxygens (including phenoxy) is 1. The normalized spacial score (nSPS) is 21.9. The SMILES string of the molecule is CCC1(CC)CN(CCOCC(C)C)C(CC)(CC)CN1. The highest BCUT2D eigenvalue weighted by Gasteiger charge is 2.43. The largest absolute Gasteiger partial charge is 0.380 e. The average molecular weight is 299 g/mol. The summed E-state index contributed by atoms with van der Waals surface area (Å²) < 4.78 is 5.85. The van der Waals surface area contributed by atoms with Crippen molar-refractivity contribution >= 4 is 0 Å². The van der Waals surface area contributed by atoms with Crippen LogP contribution in [0.15, 0.2) is 0 Å². The molecule has 1 fully saturated rings. The van der Waals surface area contributed by atoms with Gasteiger partial charge in [0.25, 0.3) is 0 Å². The van der Waals surface area contributed by atoms with Gasteiger partial charge in [0.05, 0.1) is 6.61 Å². The van der Waals surface area contributed by atoms with Crippen molar-refractivity contribution in [3.63, 3.8) is 0 Å². The van der Waals surface area contributed by atoms with E-state index in [1.54, 1.807) is 0 Å². The molecule has 0 aromatic carbocycles. The molecule has 3 heteroatoms. The second-order valence-electron chi connectivity index (χ2n) is 7.16. The third kappa shape index (κ3) is 4.67. The summed E-state index contributed by atoms with van der Waals surface area (Å²) in [5.41, 5.74) is 0.612. The molecule has 0 spiro atoms. The molecule has 0 aromatic heterocycles. The van der Waals surface area contributed by atoms with Crippen molar-refractivity contribution in [2.45, 2.75) is 78.3 Å². The zero-order chi connectivity index (χ0) is 15.9. The van der Waals surface area contributed by atoms with Crippen LogP contribution >= 0.6 is 0 Å². The van der Waals surface area contributed by atoms with Gasteiger partial charge in [-0.1, -0.05) is 41.5 Å². The van der Waals surface area contributed by atoms with Crippen LogP contribution in [0.4, 0.5) is 0 Å². The quantitative estimate of drug-likeness (QED) is 0.657. The van der Waals surface area contributed by atoms with E-state index in [1.807, 2.05) is 0 Å². The third-order valence-corrected chi connectivity index (χ3v) is 5.58. The molecule has 1 saturated heterocycles. The minimum atomic E-state index is 0.298. The molecule has 0 atom stereocenters. The van der Waals surface area contributed by atoms with Crippen LogP contribution in [0.25, 0.3) is 0 Å². The summed E-state index contributed by atoms with van der Waals surface area (Å²) in [5, 5.41) is 3.88. The highest BCUT2D eigenvalue weighted by molar-refractivity contribution is 5.03. The van der Waals surface area contributed by atoms with Crippen LogP contribution in [0.1, 0.15) is 67.2 Å². The number of piperazine rings is 1. The fourth-order valence-electron chi connectivity index (χ4n) is 3.53. The van der Waals surface area contributed by atoms with E-state index < -0.39 is 0 Å². The molecule has 1 aliphatic rings. The summed E-state index contributed by atoms with van der Waals surface area (Å²) in [7, 11) is 0. The predicted molar refractivity (Wildman–Crippen MR) is 91.9 cm³/mol. The van der Waals surface area contributed by atoms with Gasteiger partial charge < -0.3 is 10.1 Å². The van der Waals surface area contributed by atoms with Gasteiger partial charge in [-0.25, -0.2) is 0 Å². The zero-order valence-corrected chi connectivity index (χ0v) is 15.3. The van der Waals surface area contributed by atoms with Crippen molar-refractivity contribution in [3.8, 4) is 0 Å². The maximum Gasteiger partial charge on any atom is 0.0593 e. The fraction of sp³-hybridized carbons (Fsp3) is 1.00. The molecule has 0 aliphatic carbocycles. The van der Waals surface area contributed by atoms with Gasteiger partial charge in [-0.2, -0.15) is 0 Å². The van der Waals surface area contributed by atoms with Crippen LogP contribution in [0.3, 0.4) is 0 Å². The van der Waals surface area contributed by atoms with E-state index >= 15 is 0 Å². The van der Waals surface area contributed by atoms with Crippen LogP contribution in [-0.2, 0) is 4.74 Å². The van der Waals surface area contributed by atoms with E-state index in [2.05, 4.69) is 51.8 Å². The highest BCUT2D eigenvalue weighted by Crippen LogP contribution is 2.32. The second kappa shape index (κ2) is 8.50. The van der Waals surface area contributed by atoms with E-state index in [4.69, 9.17) is 4.74 Å². The Bertz CT molecular complexity index is 283. The summed E-state index contributed by atoms with van der Waals surface area (Å²) in [5.74, 6) is 0.625. The molecule has 1 aliphatic heterocycles. The van der Waals surface area contributed by atoms with Crippen molar-refractivity contribution in [2.24, 2.45) is 5.92 Å². The number of nitrogens with zero attached hydrogens (tertiary/aromatic N) is 1. The highest BCUT2D eigenvalue weighted by atomic mass is 16.5. The van der Waals surface area contributed by atoms with E-state index in [0.717, 1.165) is 32.8 Å². The molecule has 0 amide bonds. The average Bonchev–Trinajstić information content (AvgIpc) is 2.51. The molecule has 1 rings (SSSR count). The lowest BCUT2D eigenvalue weighted by Gasteiger charge is -2.54. The first-order chi connectivity index (χ1) is 9.97. The molecule has 0 unspecified atom stereocenters. The molecular formula is C18H38N2O. The summed E-state index contributed by atoms with van der Waals surface area (Å²) in [6.45, 7) is 18.8. The molecule has 126 valence electrons. The summed E-state index contributed by atoms with van der Waals surface area (Å²) in [4.78, 5) is 2.72. The van der Waals surface area contributed by atoms with Gasteiger partial charge in [-0.3, -0.25) is 4.90 Å². The zero-order valence-electron chi connectivity index (χ0n) is 15.3. The Balaban J connectivity index is 2.69. The Morgan fingerprint density at radius 2 is 1.67 bits per heavy atom. The number of nitrogens with one attached hydrogen (secondary N) is 1. The lowest BCUT2D eigenvalue weighted by Crippen LogP contribution is -2.69. The van der Waals surface area contributed by atoms with E-state index in [9.17, 15) is 0 Å². The second-order valence-corrected chi connectivity index (χ2v) is 7.16. The summed E-state index contributed by atoms with van der Waals surface area (Å²) in [6.07, 6.45) is 4.83. The monoisotopic (exact) mass is 298 g/mol. The van der Waals surface area contributed by atoms with E-state index in [1.165, 1.54) is 25.7 Å². The first kappa shape index (κ1) is 18.9. The van der Waals surface area contributed by atoms with Gasteiger partial charge in [0.2, 0.25) is 0 Å². The molecular weight excluding hydrogens is 260 g/mol. The minimum absolute atomic E-state index is 0.298. The number of hydrogen-bond donors (Lipinski definition) is 1. The van der Waals surface area contributed by atoms with Gasteiger partial charge >= 0.3 is 0 Å². The van der Waals surface area contributed by atoms with Gasteiger partial charge in [-0.15, -0.1) is 0 Å². The van der Waals surface area contributed by atoms with Crippen molar-refractivity contribution < 1.29 is 4.74 Å². The Labute approximate surface area is 132 Å². The first-order valence-corrected chi connectivity index (χ1v) is 9.05. The predicted octanol–water partition coefficient (Wildman–Crippen LogP) is 3.68. The van der Waals surface area contributed by atoms with Gasteiger partial charge in [-0.05, 0) is 31.6 Å². The van der Waals surface area contributed by atoms with Crippen LogP contribution in [-0.4, -0.2) is 48.8 Å². The van der Waals surface area contributed by atoms with E-state index in [-0.39, 0.29) is 0 Å². The summed E-state index contributed by atoms with van der Waals surface area (Å²) >= 11 is 0. The Hall–Kier alpha value is -0.120. The maximum atomic E-state index is 5.85. The smallest absolute Gasteiger partial charge is 0.0593 e. The minimum Gasteiger partial charge on any atom is -0.380 e. The fourth-order valence-corrected chi connectivity index (χ4v) is 3.53. The number of hydrogen-bond acceptors (Lipinski definition) is 3. The molecule has 0 bridgehead atoms. The van der Waals surface area contributed by atoms with Gasteiger partial charge in [0, 0.05) is 37.3 Å². The van der Waals surface area contributed by atoms with Crippen molar-refractivity contribution in [1.82, 2.24) is 10.2 Å². The lowest BCUT2D eigenvalue weighted by molar-refractivity contribution is -0.0253. The van der Waals surface area contributed by atoms with Crippen LogP contribution in [0.2, 0.25) is 0 Å². The standard InChI is InChI=1S/C18H38N2O/c1-7-17(8-2)15-20(11-12-21-13-16(5)6)18(9-3,10-4)14-19-17/h16,19H,7-15H2,1-6H3. The Morgan fingerprint density at radius 3 is 2.14 bits per heavy atom.